The molecule has 0 aliphatic carbocycles. The van der Waals surface area contributed by atoms with Crippen molar-refractivity contribution in [2.24, 2.45) is 0 Å². The second-order valence-electron chi connectivity index (χ2n) is 4.89. The molecule has 0 fully saturated rings. The van der Waals surface area contributed by atoms with Gasteiger partial charge in [-0.1, -0.05) is 61.0 Å². The van der Waals surface area contributed by atoms with Gasteiger partial charge in [-0.3, -0.25) is 0 Å². The van der Waals surface area contributed by atoms with Crippen molar-refractivity contribution in [3.63, 3.8) is 0 Å². The van der Waals surface area contributed by atoms with Crippen LogP contribution in [0.3, 0.4) is 0 Å². The third-order valence-electron chi connectivity index (χ3n) is 3.32. The fourth-order valence-corrected chi connectivity index (χ4v) is 2.23. The van der Waals surface area contributed by atoms with Crippen molar-refractivity contribution in [3.8, 4) is 0 Å². The Bertz CT molecular complexity index is 478. The molecule has 0 aliphatic heterocycles. The van der Waals surface area contributed by atoms with Crippen LogP contribution in [-0.4, -0.2) is 13.1 Å². The summed E-state index contributed by atoms with van der Waals surface area (Å²) in [6, 6.07) is 18.7. The summed E-state index contributed by atoms with van der Waals surface area (Å²) in [6.45, 7) is 4.26. The van der Waals surface area contributed by atoms with Crippen LogP contribution in [0.2, 0.25) is 5.02 Å². The predicted octanol–water partition coefficient (Wildman–Crippen LogP) is 4.28. The van der Waals surface area contributed by atoms with Crippen LogP contribution in [0.5, 0.6) is 0 Å². The highest BCUT2D eigenvalue weighted by Crippen LogP contribution is 2.13. The third kappa shape index (κ3) is 4.70. The van der Waals surface area contributed by atoms with E-state index < -0.39 is 0 Å². The molecular formula is C17H20ClN. The molecule has 2 heteroatoms. The van der Waals surface area contributed by atoms with Gasteiger partial charge in [0.1, 0.15) is 0 Å². The number of rotatable bonds is 6. The van der Waals surface area contributed by atoms with E-state index in [-0.39, 0.29) is 0 Å². The van der Waals surface area contributed by atoms with Gasteiger partial charge in [0.25, 0.3) is 0 Å². The molecule has 0 spiro atoms. The van der Waals surface area contributed by atoms with E-state index in [0.29, 0.717) is 5.92 Å². The van der Waals surface area contributed by atoms with Crippen molar-refractivity contribution in [1.29, 1.82) is 0 Å². The molecule has 19 heavy (non-hydrogen) atoms. The third-order valence-corrected chi connectivity index (χ3v) is 3.57. The molecule has 1 unspecified atom stereocenters. The second-order valence-corrected chi connectivity index (χ2v) is 5.33. The van der Waals surface area contributed by atoms with E-state index >= 15 is 0 Å². The van der Waals surface area contributed by atoms with Crippen molar-refractivity contribution in [2.75, 3.05) is 13.1 Å². The molecule has 0 heterocycles. The Morgan fingerprint density at radius 2 is 1.68 bits per heavy atom. The molecule has 0 saturated carbocycles. The largest absolute Gasteiger partial charge is 0.316 e. The molecule has 2 rings (SSSR count). The summed E-state index contributed by atoms with van der Waals surface area (Å²) in [5.74, 6) is 0.548. The molecule has 0 amide bonds. The van der Waals surface area contributed by atoms with Gasteiger partial charge in [0.15, 0.2) is 0 Å². The van der Waals surface area contributed by atoms with Crippen LogP contribution in [0.4, 0.5) is 0 Å². The van der Waals surface area contributed by atoms with Crippen molar-refractivity contribution in [1.82, 2.24) is 5.32 Å². The van der Waals surface area contributed by atoms with Crippen molar-refractivity contribution < 1.29 is 0 Å². The van der Waals surface area contributed by atoms with E-state index in [1.54, 1.807) is 0 Å². The summed E-state index contributed by atoms with van der Waals surface area (Å²) >= 11 is 5.87. The highest BCUT2D eigenvalue weighted by atomic mass is 35.5. The van der Waals surface area contributed by atoms with E-state index in [1.807, 2.05) is 12.1 Å². The van der Waals surface area contributed by atoms with Crippen LogP contribution in [0.15, 0.2) is 54.6 Å². The molecule has 1 N–H and O–H groups in total. The summed E-state index contributed by atoms with van der Waals surface area (Å²) in [7, 11) is 0. The average molecular weight is 274 g/mol. The van der Waals surface area contributed by atoms with Gasteiger partial charge < -0.3 is 5.32 Å². The van der Waals surface area contributed by atoms with E-state index in [0.717, 1.165) is 24.5 Å². The first-order valence-electron chi connectivity index (χ1n) is 6.76. The number of hydrogen-bond acceptors (Lipinski definition) is 1. The van der Waals surface area contributed by atoms with E-state index in [9.17, 15) is 0 Å². The SMILES string of the molecule is CC(CNCCc1ccc(Cl)cc1)c1ccccc1. The van der Waals surface area contributed by atoms with Crippen molar-refractivity contribution in [3.05, 3.63) is 70.7 Å². The van der Waals surface area contributed by atoms with Crippen LogP contribution >= 0.6 is 11.6 Å². The molecular weight excluding hydrogens is 254 g/mol. The summed E-state index contributed by atoms with van der Waals surface area (Å²) < 4.78 is 0. The summed E-state index contributed by atoms with van der Waals surface area (Å²) in [6.07, 6.45) is 1.04. The van der Waals surface area contributed by atoms with Gasteiger partial charge in [-0.2, -0.15) is 0 Å². The van der Waals surface area contributed by atoms with E-state index in [1.165, 1.54) is 11.1 Å². The fraction of sp³-hybridized carbons (Fsp3) is 0.294. The molecule has 0 radical (unpaired) electrons. The average Bonchev–Trinajstić information content (AvgIpc) is 2.46. The van der Waals surface area contributed by atoms with Crippen LogP contribution in [-0.2, 0) is 6.42 Å². The number of halogens is 1. The lowest BCUT2D eigenvalue weighted by atomic mass is 10.0. The van der Waals surface area contributed by atoms with Crippen LogP contribution in [0.25, 0.3) is 0 Å². The van der Waals surface area contributed by atoms with Gasteiger partial charge in [0.05, 0.1) is 0 Å². The van der Waals surface area contributed by atoms with Crippen LogP contribution in [0.1, 0.15) is 24.0 Å². The maximum absolute atomic E-state index is 5.87. The maximum atomic E-state index is 5.87. The minimum absolute atomic E-state index is 0.548. The Balaban J connectivity index is 1.71. The van der Waals surface area contributed by atoms with Gasteiger partial charge in [-0.25, -0.2) is 0 Å². The molecule has 0 bridgehead atoms. The quantitative estimate of drug-likeness (QED) is 0.775. The lowest BCUT2D eigenvalue weighted by Gasteiger charge is -2.13. The topological polar surface area (TPSA) is 12.0 Å². The normalized spacial score (nSPS) is 12.3. The van der Waals surface area contributed by atoms with E-state index in [4.69, 9.17) is 11.6 Å². The Labute approximate surface area is 120 Å². The lowest BCUT2D eigenvalue weighted by molar-refractivity contribution is 0.615. The van der Waals surface area contributed by atoms with Gasteiger partial charge in [-0.05, 0) is 42.1 Å². The van der Waals surface area contributed by atoms with Gasteiger partial charge in [0.2, 0.25) is 0 Å². The zero-order valence-electron chi connectivity index (χ0n) is 11.3. The summed E-state index contributed by atoms with van der Waals surface area (Å²) in [5.41, 5.74) is 2.71. The number of nitrogens with one attached hydrogen (secondary N) is 1. The zero-order chi connectivity index (χ0) is 13.5. The highest BCUT2D eigenvalue weighted by molar-refractivity contribution is 6.30. The van der Waals surface area contributed by atoms with Crippen molar-refractivity contribution in [2.45, 2.75) is 19.3 Å². The molecule has 0 aliphatic rings. The molecule has 2 aromatic carbocycles. The molecule has 0 saturated heterocycles. The standard InChI is InChI=1S/C17H20ClN/c1-14(16-5-3-2-4-6-16)13-19-12-11-15-7-9-17(18)10-8-15/h2-10,14,19H,11-13H2,1H3. The number of benzene rings is 2. The Morgan fingerprint density at radius 1 is 1.00 bits per heavy atom. The summed E-state index contributed by atoms with van der Waals surface area (Å²) in [4.78, 5) is 0. The maximum Gasteiger partial charge on any atom is 0.0406 e. The number of hydrogen-bond donors (Lipinski definition) is 1. The van der Waals surface area contributed by atoms with Crippen LogP contribution < -0.4 is 5.32 Å². The Kier molecular flexibility index (Phi) is 5.44. The van der Waals surface area contributed by atoms with Crippen molar-refractivity contribution >= 4 is 11.6 Å². The minimum atomic E-state index is 0.548. The first-order valence-corrected chi connectivity index (χ1v) is 7.13. The Hall–Kier alpha value is -1.31. The molecule has 1 atom stereocenters. The zero-order valence-corrected chi connectivity index (χ0v) is 12.0. The predicted molar refractivity (Wildman–Crippen MR) is 82.9 cm³/mol. The smallest absolute Gasteiger partial charge is 0.0406 e. The highest BCUT2D eigenvalue weighted by Gasteiger charge is 2.03. The second kappa shape index (κ2) is 7.32. The molecule has 1 nitrogen and oxygen atoms in total. The fourth-order valence-electron chi connectivity index (χ4n) is 2.10. The monoisotopic (exact) mass is 273 g/mol. The first kappa shape index (κ1) is 14.1. The Morgan fingerprint density at radius 3 is 2.37 bits per heavy atom. The lowest BCUT2D eigenvalue weighted by Crippen LogP contribution is -2.22. The molecule has 2 aromatic rings. The van der Waals surface area contributed by atoms with Gasteiger partial charge >= 0.3 is 0 Å². The van der Waals surface area contributed by atoms with Gasteiger partial charge in [0, 0.05) is 11.6 Å². The van der Waals surface area contributed by atoms with Gasteiger partial charge in [-0.15, -0.1) is 0 Å². The van der Waals surface area contributed by atoms with Crippen LogP contribution in [0, 0.1) is 0 Å². The first-order chi connectivity index (χ1) is 9.25. The summed E-state index contributed by atoms with van der Waals surface area (Å²) in [5, 5.41) is 4.31. The van der Waals surface area contributed by atoms with E-state index in [2.05, 4.69) is 54.7 Å². The minimum Gasteiger partial charge on any atom is -0.316 e. The molecule has 100 valence electrons. The molecule has 0 aromatic heterocycles.